The average molecular weight is 351 g/mol. The number of carbonyl (C=O) groups is 1. The summed E-state index contributed by atoms with van der Waals surface area (Å²) in [6.07, 6.45) is 3.50. The van der Waals surface area contributed by atoms with Gasteiger partial charge >= 0.3 is 6.03 Å². The quantitative estimate of drug-likeness (QED) is 0.832. The highest BCUT2D eigenvalue weighted by Gasteiger charge is 2.21. The molecule has 0 radical (unpaired) electrons. The Morgan fingerprint density at radius 1 is 1.50 bits per heavy atom. The van der Waals surface area contributed by atoms with Crippen LogP contribution in [0.2, 0.25) is 0 Å². The number of thiazole rings is 1. The van der Waals surface area contributed by atoms with E-state index in [4.69, 9.17) is 4.74 Å². The van der Waals surface area contributed by atoms with Gasteiger partial charge in [0.05, 0.1) is 41.9 Å². The molecule has 0 saturated carbocycles. The van der Waals surface area contributed by atoms with Crippen LogP contribution in [0.15, 0.2) is 12.5 Å². The van der Waals surface area contributed by atoms with Gasteiger partial charge in [-0.15, -0.1) is 11.3 Å². The lowest BCUT2D eigenvalue weighted by Gasteiger charge is -2.24. The minimum atomic E-state index is -0.132. The maximum Gasteiger partial charge on any atom is 0.318 e. The molecule has 0 bridgehead atoms. The van der Waals surface area contributed by atoms with Crippen molar-refractivity contribution in [3.8, 4) is 0 Å². The van der Waals surface area contributed by atoms with Gasteiger partial charge in [0.15, 0.2) is 0 Å². The number of aryl methyl sites for hydroxylation is 2. The Morgan fingerprint density at radius 3 is 2.88 bits per heavy atom. The molecule has 0 spiro atoms. The van der Waals surface area contributed by atoms with Crippen molar-refractivity contribution in [2.75, 3.05) is 20.8 Å². The fourth-order valence-electron chi connectivity index (χ4n) is 2.47. The molecule has 0 aliphatic rings. The topological polar surface area (TPSA) is 72.3 Å². The van der Waals surface area contributed by atoms with Gasteiger partial charge in [-0.25, -0.2) is 14.8 Å². The zero-order valence-electron chi connectivity index (χ0n) is 14.9. The summed E-state index contributed by atoms with van der Waals surface area (Å²) >= 11 is 1.65. The molecule has 2 aromatic rings. The Kier molecular flexibility index (Phi) is 6.33. The van der Waals surface area contributed by atoms with Crippen molar-refractivity contribution in [2.24, 2.45) is 0 Å². The largest absolute Gasteiger partial charge is 0.383 e. The summed E-state index contributed by atoms with van der Waals surface area (Å²) in [5.41, 5.74) is 1.91. The molecule has 1 unspecified atom stereocenters. The molecule has 2 amide bonds. The molecule has 0 saturated heterocycles. The third-order valence-corrected chi connectivity index (χ3v) is 4.89. The van der Waals surface area contributed by atoms with Crippen LogP contribution in [0.1, 0.15) is 34.2 Å². The number of aromatic nitrogens is 3. The number of carbonyl (C=O) groups excluding carboxylic acids is 1. The summed E-state index contributed by atoms with van der Waals surface area (Å²) in [6, 6.07) is -0.208. The summed E-state index contributed by atoms with van der Waals surface area (Å²) < 4.78 is 7.05. The first-order valence-electron chi connectivity index (χ1n) is 7.86. The number of ether oxygens (including phenoxy) is 1. The Bertz CT molecular complexity index is 682. The highest BCUT2D eigenvalue weighted by molar-refractivity contribution is 7.11. The Balaban J connectivity index is 1.94. The molecule has 1 atom stereocenters. The second kappa shape index (κ2) is 8.25. The van der Waals surface area contributed by atoms with Crippen LogP contribution in [0.25, 0.3) is 0 Å². The zero-order chi connectivity index (χ0) is 17.7. The van der Waals surface area contributed by atoms with Gasteiger partial charge in [-0.1, -0.05) is 0 Å². The van der Waals surface area contributed by atoms with E-state index in [-0.39, 0.29) is 12.1 Å². The van der Waals surface area contributed by atoms with Gasteiger partial charge in [0.1, 0.15) is 0 Å². The van der Waals surface area contributed by atoms with Crippen molar-refractivity contribution in [2.45, 2.75) is 39.9 Å². The Morgan fingerprint density at radius 2 is 2.25 bits per heavy atom. The monoisotopic (exact) mass is 351 g/mol. The highest BCUT2D eigenvalue weighted by Crippen LogP contribution is 2.25. The van der Waals surface area contributed by atoms with E-state index in [0.29, 0.717) is 19.7 Å². The van der Waals surface area contributed by atoms with E-state index in [1.165, 1.54) is 0 Å². The minimum Gasteiger partial charge on any atom is -0.383 e. The van der Waals surface area contributed by atoms with E-state index < -0.39 is 0 Å². The molecule has 8 heteroatoms. The summed E-state index contributed by atoms with van der Waals surface area (Å²) in [5, 5.41) is 3.96. The third-order valence-electron chi connectivity index (χ3n) is 3.99. The molecule has 1 N–H and O–H groups in total. The van der Waals surface area contributed by atoms with Gasteiger partial charge in [0, 0.05) is 31.8 Å². The van der Waals surface area contributed by atoms with Crippen LogP contribution in [0.5, 0.6) is 0 Å². The van der Waals surface area contributed by atoms with Crippen molar-refractivity contribution in [1.29, 1.82) is 0 Å². The highest BCUT2D eigenvalue weighted by atomic mass is 32.1. The van der Waals surface area contributed by atoms with Crippen molar-refractivity contribution < 1.29 is 9.53 Å². The lowest BCUT2D eigenvalue weighted by molar-refractivity contribution is 0.185. The SMILES string of the molecule is COCCn1cncc1CNC(=O)N(C)C(C)c1nc(C)sc1C. The van der Waals surface area contributed by atoms with Gasteiger partial charge in [-0.2, -0.15) is 0 Å². The molecule has 7 nitrogen and oxygen atoms in total. The predicted molar refractivity (Wildman–Crippen MR) is 94.1 cm³/mol. The summed E-state index contributed by atoms with van der Waals surface area (Å²) in [6.45, 7) is 7.76. The molecule has 2 heterocycles. The van der Waals surface area contributed by atoms with Crippen molar-refractivity contribution >= 4 is 17.4 Å². The number of hydrogen-bond donors (Lipinski definition) is 1. The first-order valence-corrected chi connectivity index (χ1v) is 8.68. The number of nitrogens with one attached hydrogen (secondary N) is 1. The van der Waals surface area contributed by atoms with Crippen LogP contribution >= 0.6 is 11.3 Å². The standard InChI is InChI=1S/C16H25N5O2S/c1-11(15-12(2)24-13(3)19-15)20(4)16(22)18-9-14-8-17-10-21(14)6-7-23-5/h8,10-11H,6-7,9H2,1-5H3,(H,18,22). The van der Waals surface area contributed by atoms with Gasteiger partial charge in [0.2, 0.25) is 0 Å². The second-order valence-corrected chi connectivity index (χ2v) is 7.10. The molecule has 0 fully saturated rings. The van der Waals surface area contributed by atoms with E-state index in [1.54, 1.807) is 42.9 Å². The van der Waals surface area contributed by atoms with Crippen LogP contribution in [0.4, 0.5) is 4.79 Å². The predicted octanol–water partition coefficient (Wildman–Crippen LogP) is 2.51. The molecular formula is C16H25N5O2S. The number of amides is 2. The second-order valence-electron chi connectivity index (χ2n) is 5.69. The summed E-state index contributed by atoms with van der Waals surface area (Å²) in [5.74, 6) is 0. The van der Waals surface area contributed by atoms with Crippen molar-refractivity contribution in [1.82, 2.24) is 24.8 Å². The van der Waals surface area contributed by atoms with Gasteiger partial charge < -0.3 is 19.5 Å². The third kappa shape index (κ3) is 4.33. The lowest BCUT2D eigenvalue weighted by atomic mass is 10.2. The normalized spacial score (nSPS) is 12.2. The van der Waals surface area contributed by atoms with Crippen LogP contribution in [-0.2, 0) is 17.8 Å². The zero-order valence-corrected chi connectivity index (χ0v) is 15.7. The van der Waals surface area contributed by atoms with E-state index in [9.17, 15) is 4.79 Å². The maximum absolute atomic E-state index is 12.4. The minimum absolute atomic E-state index is 0.0756. The van der Waals surface area contributed by atoms with E-state index in [0.717, 1.165) is 21.3 Å². The fraction of sp³-hybridized carbons (Fsp3) is 0.562. The number of hydrogen-bond acceptors (Lipinski definition) is 5. The molecule has 132 valence electrons. The first-order chi connectivity index (χ1) is 11.4. The van der Waals surface area contributed by atoms with Crippen molar-refractivity contribution in [3.05, 3.63) is 33.8 Å². The molecule has 2 rings (SSSR count). The summed E-state index contributed by atoms with van der Waals surface area (Å²) in [7, 11) is 3.45. The molecule has 2 aromatic heterocycles. The number of methoxy groups -OCH3 is 1. The Labute approximate surface area is 146 Å². The van der Waals surface area contributed by atoms with Gasteiger partial charge in [0.25, 0.3) is 0 Å². The van der Waals surface area contributed by atoms with E-state index >= 15 is 0 Å². The maximum atomic E-state index is 12.4. The molecule has 0 aliphatic heterocycles. The number of nitrogens with zero attached hydrogens (tertiary/aromatic N) is 4. The van der Waals surface area contributed by atoms with Crippen molar-refractivity contribution in [3.63, 3.8) is 0 Å². The molecular weight excluding hydrogens is 326 g/mol. The number of imidazole rings is 1. The number of urea groups is 1. The molecule has 0 aliphatic carbocycles. The van der Waals surface area contributed by atoms with Gasteiger partial charge in [-0.3, -0.25) is 0 Å². The van der Waals surface area contributed by atoms with Crippen LogP contribution in [-0.4, -0.2) is 46.2 Å². The molecule has 24 heavy (non-hydrogen) atoms. The average Bonchev–Trinajstić information content (AvgIpc) is 3.14. The first kappa shape index (κ1) is 18.4. The van der Waals surface area contributed by atoms with E-state index in [1.807, 2.05) is 25.3 Å². The van der Waals surface area contributed by atoms with E-state index in [2.05, 4.69) is 15.3 Å². The van der Waals surface area contributed by atoms with Gasteiger partial charge in [-0.05, 0) is 20.8 Å². The lowest BCUT2D eigenvalue weighted by Crippen LogP contribution is -2.39. The fourth-order valence-corrected chi connectivity index (χ4v) is 3.38. The van der Waals surface area contributed by atoms with Crippen LogP contribution in [0, 0.1) is 13.8 Å². The number of rotatable bonds is 7. The van der Waals surface area contributed by atoms with Crippen LogP contribution < -0.4 is 5.32 Å². The van der Waals surface area contributed by atoms with Crippen LogP contribution in [0.3, 0.4) is 0 Å². The molecule has 0 aromatic carbocycles. The smallest absolute Gasteiger partial charge is 0.318 e. The Hall–Kier alpha value is -1.93. The summed E-state index contributed by atoms with van der Waals surface area (Å²) in [4.78, 5) is 23.9.